The highest BCUT2D eigenvalue weighted by Gasteiger charge is 2.09. The lowest BCUT2D eigenvalue weighted by molar-refractivity contribution is 0.902. The lowest BCUT2D eigenvalue weighted by atomic mass is 10.0. The van der Waals surface area contributed by atoms with E-state index in [0.717, 1.165) is 34.6 Å². The van der Waals surface area contributed by atoms with Crippen molar-refractivity contribution < 1.29 is 0 Å². The van der Waals surface area contributed by atoms with Crippen LogP contribution in [0, 0.1) is 0 Å². The van der Waals surface area contributed by atoms with Crippen LogP contribution >= 0.6 is 0 Å². The second-order valence-electron chi connectivity index (χ2n) is 5.61. The van der Waals surface area contributed by atoms with Crippen molar-refractivity contribution in [2.24, 2.45) is 5.73 Å². The van der Waals surface area contributed by atoms with Gasteiger partial charge in [-0.3, -0.25) is 0 Å². The molecule has 0 radical (unpaired) electrons. The van der Waals surface area contributed by atoms with Crippen LogP contribution in [0.2, 0.25) is 0 Å². The molecule has 2 nitrogen and oxygen atoms in total. The molecule has 1 aliphatic heterocycles. The minimum atomic E-state index is 0.755. The van der Waals surface area contributed by atoms with E-state index in [1.54, 1.807) is 0 Å². The average Bonchev–Trinajstić information content (AvgIpc) is 2.63. The van der Waals surface area contributed by atoms with E-state index in [1.165, 1.54) is 5.56 Å². The van der Waals surface area contributed by atoms with Gasteiger partial charge in [0.25, 0.3) is 0 Å². The third-order valence-electron chi connectivity index (χ3n) is 3.66. The number of nitrogens with two attached hydrogens (primary N) is 1. The normalized spacial score (nSPS) is 15.0. The molecule has 3 N–H and O–H groups in total. The Bertz CT molecular complexity index is 753. The summed E-state index contributed by atoms with van der Waals surface area (Å²) in [4.78, 5) is 0. The predicted molar refractivity (Wildman–Crippen MR) is 105 cm³/mol. The zero-order chi connectivity index (χ0) is 17.4. The van der Waals surface area contributed by atoms with Gasteiger partial charge < -0.3 is 11.1 Å². The average molecular weight is 316 g/mol. The Morgan fingerprint density at radius 2 is 1.50 bits per heavy atom. The second-order valence-corrected chi connectivity index (χ2v) is 5.61. The van der Waals surface area contributed by atoms with Crippen LogP contribution in [0.3, 0.4) is 0 Å². The molecule has 1 heterocycles. The van der Waals surface area contributed by atoms with Crippen LogP contribution < -0.4 is 11.1 Å². The van der Waals surface area contributed by atoms with Crippen molar-refractivity contribution in [1.29, 1.82) is 0 Å². The summed E-state index contributed by atoms with van der Waals surface area (Å²) in [6.45, 7) is 10.6. The van der Waals surface area contributed by atoms with Crippen LogP contribution in [0.5, 0.6) is 0 Å². The molecule has 2 heteroatoms. The standard InChI is InChI=1S/C13H14N2.C9H10/c1-10-6-5-9-15-13(10)12(14)11-7-3-2-4-8-11;1-8(2)9-6-4-3-5-7-9/h2-8,15H,1,9,14H2;3-7H,1H2,2H3/b13-12+;. The lowest BCUT2D eigenvalue weighted by Crippen LogP contribution is -2.21. The van der Waals surface area contributed by atoms with E-state index in [1.807, 2.05) is 67.6 Å². The zero-order valence-corrected chi connectivity index (χ0v) is 14.1. The Kier molecular flexibility index (Phi) is 6.21. The zero-order valence-electron chi connectivity index (χ0n) is 14.1. The maximum atomic E-state index is 6.08. The first-order chi connectivity index (χ1) is 11.6. The largest absolute Gasteiger partial charge is 0.397 e. The van der Waals surface area contributed by atoms with Gasteiger partial charge in [0.2, 0.25) is 0 Å². The molecule has 0 fully saturated rings. The smallest absolute Gasteiger partial charge is 0.0650 e. The summed E-state index contributed by atoms with van der Waals surface area (Å²) in [5.41, 5.74) is 12.1. The summed E-state index contributed by atoms with van der Waals surface area (Å²) in [6.07, 6.45) is 4.02. The number of nitrogens with one attached hydrogen (secondary N) is 1. The van der Waals surface area contributed by atoms with Crippen LogP contribution in [0.1, 0.15) is 18.1 Å². The van der Waals surface area contributed by atoms with Gasteiger partial charge in [-0.05, 0) is 23.6 Å². The van der Waals surface area contributed by atoms with Crippen molar-refractivity contribution in [1.82, 2.24) is 5.32 Å². The third kappa shape index (κ3) is 4.75. The Labute approximate surface area is 144 Å². The van der Waals surface area contributed by atoms with Gasteiger partial charge in [-0.25, -0.2) is 0 Å². The minimum absolute atomic E-state index is 0.755. The van der Waals surface area contributed by atoms with Gasteiger partial charge in [0.1, 0.15) is 0 Å². The maximum absolute atomic E-state index is 6.08. The second kappa shape index (κ2) is 8.59. The summed E-state index contributed by atoms with van der Waals surface area (Å²) in [5, 5.41) is 3.24. The van der Waals surface area contributed by atoms with Gasteiger partial charge in [0.15, 0.2) is 0 Å². The number of hydrogen-bond acceptors (Lipinski definition) is 2. The lowest BCUT2D eigenvalue weighted by Gasteiger charge is -2.17. The fourth-order valence-corrected chi connectivity index (χ4v) is 2.31. The molecule has 0 unspecified atom stereocenters. The van der Waals surface area contributed by atoms with Crippen LogP contribution in [0.25, 0.3) is 11.3 Å². The minimum Gasteiger partial charge on any atom is -0.397 e. The maximum Gasteiger partial charge on any atom is 0.0650 e. The Hall–Kier alpha value is -3.00. The summed E-state index contributed by atoms with van der Waals surface area (Å²) >= 11 is 0. The van der Waals surface area contributed by atoms with Crippen LogP contribution in [-0.2, 0) is 0 Å². The molecular formula is C22H24N2. The fraction of sp³-hybridized carbons (Fsp3) is 0.0909. The summed E-state index contributed by atoms with van der Waals surface area (Å²) in [6, 6.07) is 20.1. The van der Waals surface area contributed by atoms with E-state index < -0.39 is 0 Å². The van der Waals surface area contributed by atoms with Crippen molar-refractivity contribution in [2.45, 2.75) is 6.92 Å². The van der Waals surface area contributed by atoms with Crippen LogP contribution in [-0.4, -0.2) is 6.54 Å². The molecule has 1 aliphatic rings. The highest BCUT2D eigenvalue weighted by molar-refractivity contribution is 5.70. The topological polar surface area (TPSA) is 38.0 Å². The van der Waals surface area contributed by atoms with Gasteiger partial charge in [0.05, 0.1) is 11.4 Å². The molecule has 0 aromatic heterocycles. The van der Waals surface area contributed by atoms with Crippen molar-refractivity contribution in [3.63, 3.8) is 0 Å². The van der Waals surface area contributed by atoms with Gasteiger partial charge in [-0.1, -0.05) is 91.5 Å². The van der Waals surface area contributed by atoms with Crippen molar-refractivity contribution in [2.75, 3.05) is 6.54 Å². The Morgan fingerprint density at radius 1 is 0.958 bits per heavy atom. The van der Waals surface area contributed by atoms with Crippen LogP contribution in [0.4, 0.5) is 0 Å². The molecule has 0 spiro atoms. The third-order valence-corrected chi connectivity index (χ3v) is 3.66. The van der Waals surface area contributed by atoms with E-state index in [4.69, 9.17) is 5.73 Å². The molecule has 0 amide bonds. The quantitative estimate of drug-likeness (QED) is 0.839. The first-order valence-corrected chi connectivity index (χ1v) is 7.95. The summed E-state index contributed by atoms with van der Waals surface area (Å²) in [5.74, 6) is 0. The first-order valence-electron chi connectivity index (χ1n) is 7.95. The Balaban J connectivity index is 0.000000198. The predicted octanol–water partition coefficient (Wildman–Crippen LogP) is 4.75. The Morgan fingerprint density at radius 3 is 1.96 bits per heavy atom. The molecule has 0 bridgehead atoms. The van der Waals surface area contributed by atoms with E-state index in [0.29, 0.717) is 0 Å². The van der Waals surface area contributed by atoms with E-state index >= 15 is 0 Å². The molecule has 0 atom stereocenters. The number of rotatable bonds is 2. The highest BCUT2D eigenvalue weighted by Crippen LogP contribution is 2.19. The SMILES string of the molecule is C=C(C)c1ccccc1.C=C1C=CCN/C1=C(/N)c1ccccc1. The van der Waals surface area contributed by atoms with Crippen molar-refractivity contribution in [3.8, 4) is 0 Å². The highest BCUT2D eigenvalue weighted by atomic mass is 14.9. The molecule has 2 aromatic carbocycles. The first kappa shape index (κ1) is 17.4. The van der Waals surface area contributed by atoms with E-state index in [-0.39, 0.29) is 0 Å². The summed E-state index contributed by atoms with van der Waals surface area (Å²) in [7, 11) is 0. The number of hydrogen-bond donors (Lipinski definition) is 2. The van der Waals surface area contributed by atoms with Gasteiger partial charge in [-0.2, -0.15) is 0 Å². The molecule has 122 valence electrons. The molecule has 2 aromatic rings. The summed E-state index contributed by atoms with van der Waals surface area (Å²) < 4.78 is 0. The molecular weight excluding hydrogens is 292 g/mol. The molecule has 0 saturated heterocycles. The molecule has 0 aliphatic carbocycles. The molecule has 0 saturated carbocycles. The monoisotopic (exact) mass is 316 g/mol. The van der Waals surface area contributed by atoms with E-state index in [2.05, 4.69) is 30.6 Å². The molecule has 3 rings (SSSR count). The van der Waals surface area contributed by atoms with Crippen molar-refractivity contribution >= 4 is 11.3 Å². The number of allylic oxidation sites excluding steroid dienone is 2. The van der Waals surface area contributed by atoms with Gasteiger partial charge in [0, 0.05) is 6.54 Å². The van der Waals surface area contributed by atoms with Gasteiger partial charge in [-0.15, -0.1) is 0 Å². The fourth-order valence-electron chi connectivity index (χ4n) is 2.31. The van der Waals surface area contributed by atoms with Crippen LogP contribution in [0.15, 0.2) is 97.2 Å². The van der Waals surface area contributed by atoms with E-state index in [9.17, 15) is 0 Å². The number of benzene rings is 2. The van der Waals surface area contributed by atoms with Gasteiger partial charge >= 0.3 is 0 Å². The molecule has 24 heavy (non-hydrogen) atoms. The van der Waals surface area contributed by atoms with Crippen molar-refractivity contribution in [3.05, 3.63) is 108 Å².